The molecule has 202 valence electrons. The van der Waals surface area contributed by atoms with E-state index in [4.69, 9.17) is 14.2 Å². The van der Waals surface area contributed by atoms with Crippen molar-refractivity contribution in [3.63, 3.8) is 0 Å². The molecule has 1 amide bonds. The van der Waals surface area contributed by atoms with Crippen LogP contribution in [0.3, 0.4) is 0 Å². The molecule has 0 spiro atoms. The molecule has 0 radical (unpaired) electrons. The monoisotopic (exact) mass is 538 g/mol. The van der Waals surface area contributed by atoms with E-state index >= 15 is 0 Å². The molecular formula is C29H34N2O6S. The van der Waals surface area contributed by atoms with Crippen molar-refractivity contribution in [2.75, 3.05) is 44.8 Å². The summed E-state index contributed by atoms with van der Waals surface area (Å²) in [7, 11) is -1.19. The van der Waals surface area contributed by atoms with Crippen molar-refractivity contribution in [2.45, 2.75) is 30.1 Å². The smallest absolute Gasteiger partial charge is 0.264 e. The van der Waals surface area contributed by atoms with Crippen molar-refractivity contribution in [2.24, 2.45) is 0 Å². The molecule has 3 aromatic carbocycles. The normalized spacial score (nSPS) is 14.9. The van der Waals surface area contributed by atoms with Crippen molar-refractivity contribution in [1.82, 2.24) is 5.32 Å². The third-order valence-electron chi connectivity index (χ3n) is 7.01. The third-order valence-corrected chi connectivity index (χ3v) is 8.78. The van der Waals surface area contributed by atoms with Crippen LogP contribution in [0.1, 0.15) is 24.0 Å². The number of ether oxygens (including phenoxy) is 3. The van der Waals surface area contributed by atoms with Crippen LogP contribution in [0.5, 0.6) is 11.5 Å². The van der Waals surface area contributed by atoms with Gasteiger partial charge < -0.3 is 19.5 Å². The van der Waals surface area contributed by atoms with Gasteiger partial charge in [-0.1, -0.05) is 48.0 Å². The van der Waals surface area contributed by atoms with E-state index in [0.717, 1.165) is 28.3 Å². The fraction of sp³-hybridized carbons (Fsp3) is 0.345. The summed E-state index contributed by atoms with van der Waals surface area (Å²) in [5, 5.41) is 3.02. The number of sulfonamides is 1. The number of benzene rings is 3. The second kappa shape index (κ2) is 11.9. The second-order valence-corrected chi connectivity index (χ2v) is 11.3. The van der Waals surface area contributed by atoms with Crippen molar-refractivity contribution in [3.05, 3.63) is 83.9 Å². The molecule has 0 bridgehead atoms. The summed E-state index contributed by atoms with van der Waals surface area (Å²) in [5.74, 6) is 0.302. The Kier molecular flexibility index (Phi) is 8.58. The van der Waals surface area contributed by atoms with E-state index in [9.17, 15) is 13.2 Å². The molecule has 1 heterocycles. The van der Waals surface area contributed by atoms with E-state index in [2.05, 4.69) is 17.4 Å². The predicted molar refractivity (Wildman–Crippen MR) is 146 cm³/mol. The van der Waals surface area contributed by atoms with Gasteiger partial charge in [0.25, 0.3) is 10.0 Å². The lowest BCUT2D eigenvalue weighted by Gasteiger charge is -2.38. The summed E-state index contributed by atoms with van der Waals surface area (Å²) in [6, 6.07) is 21.5. The molecule has 38 heavy (non-hydrogen) atoms. The molecule has 1 fully saturated rings. The summed E-state index contributed by atoms with van der Waals surface area (Å²) < 4.78 is 45.0. The minimum absolute atomic E-state index is 0.00582. The zero-order valence-electron chi connectivity index (χ0n) is 22.0. The first-order chi connectivity index (χ1) is 18.3. The van der Waals surface area contributed by atoms with Crippen LogP contribution in [0.15, 0.2) is 77.7 Å². The van der Waals surface area contributed by atoms with E-state index in [1.807, 2.05) is 37.3 Å². The highest BCUT2D eigenvalue weighted by Gasteiger charge is 2.35. The number of carbonyl (C=O) groups excluding carboxylic acids is 1. The molecule has 3 aromatic rings. The molecule has 8 nitrogen and oxygen atoms in total. The highest BCUT2D eigenvalue weighted by molar-refractivity contribution is 7.92. The topological polar surface area (TPSA) is 94.2 Å². The lowest BCUT2D eigenvalue weighted by molar-refractivity contribution is -0.120. The number of aryl methyl sites for hydroxylation is 1. The Morgan fingerprint density at radius 1 is 0.947 bits per heavy atom. The van der Waals surface area contributed by atoms with Gasteiger partial charge in [0.15, 0.2) is 11.5 Å². The Balaban J connectivity index is 1.61. The van der Waals surface area contributed by atoms with Crippen LogP contribution in [-0.4, -0.2) is 54.8 Å². The van der Waals surface area contributed by atoms with Gasteiger partial charge in [-0.2, -0.15) is 0 Å². The van der Waals surface area contributed by atoms with E-state index in [0.29, 0.717) is 31.2 Å². The minimum atomic E-state index is -4.11. The van der Waals surface area contributed by atoms with E-state index in [1.165, 1.54) is 32.4 Å². The van der Waals surface area contributed by atoms with Crippen LogP contribution in [0, 0.1) is 6.92 Å². The average Bonchev–Trinajstić information content (AvgIpc) is 2.96. The van der Waals surface area contributed by atoms with Gasteiger partial charge >= 0.3 is 0 Å². The number of nitrogens with zero attached hydrogens (tertiary/aromatic N) is 1. The Hall–Kier alpha value is -3.56. The second-order valence-electron chi connectivity index (χ2n) is 9.40. The van der Waals surface area contributed by atoms with E-state index in [1.54, 1.807) is 12.1 Å². The largest absolute Gasteiger partial charge is 0.493 e. The summed E-state index contributed by atoms with van der Waals surface area (Å²) in [4.78, 5) is 13.3. The molecule has 1 N–H and O–H groups in total. The van der Waals surface area contributed by atoms with Crippen molar-refractivity contribution < 1.29 is 27.4 Å². The molecule has 1 saturated heterocycles. The Morgan fingerprint density at radius 2 is 1.61 bits per heavy atom. The highest BCUT2D eigenvalue weighted by atomic mass is 32.2. The molecule has 9 heteroatoms. The summed E-state index contributed by atoms with van der Waals surface area (Å²) in [5.41, 5.74) is 2.24. The highest BCUT2D eigenvalue weighted by Crippen LogP contribution is 2.35. The molecule has 1 aliphatic rings. The van der Waals surface area contributed by atoms with E-state index in [-0.39, 0.29) is 22.6 Å². The maximum Gasteiger partial charge on any atom is 0.264 e. The van der Waals surface area contributed by atoms with Gasteiger partial charge in [0.1, 0.15) is 6.54 Å². The van der Waals surface area contributed by atoms with Gasteiger partial charge in [0.2, 0.25) is 5.91 Å². The van der Waals surface area contributed by atoms with E-state index < -0.39 is 15.9 Å². The maximum atomic E-state index is 13.8. The van der Waals surface area contributed by atoms with Crippen LogP contribution >= 0.6 is 0 Å². The average molecular weight is 539 g/mol. The number of hydrogen-bond acceptors (Lipinski definition) is 6. The van der Waals surface area contributed by atoms with Gasteiger partial charge in [-0.25, -0.2) is 8.42 Å². The molecule has 0 saturated carbocycles. The number of rotatable bonds is 10. The quantitative estimate of drug-likeness (QED) is 0.418. The first-order valence-corrected chi connectivity index (χ1v) is 13.9. The number of nitrogens with one attached hydrogen (secondary N) is 1. The van der Waals surface area contributed by atoms with Crippen LogP contribution in [0.25, 0.3) is 0 Å². The molecule has 0 aromatic heterocycles. The van der Waals surface area contributed by atoms with Crippen LogP contribution in [0.4, 0.5) is 5.69 Å². The van der Waals surface area contributed by atoms with Crippen molar-refractivity contribution in [1.29, 1.82) is 0 Å². The van der Waals surface area contributed by atoms with Crippen molar-refractivity contribution >= 4 is 21.6 Å². The van der Waals surface area contributed by atoms with Crippen LogP contribution < -0.4 is 19.1 Å². The lowest BCUT2D eigenvalue weighted by atomic mass is 9.74. The molecule has 0 unspecified atom stereocenters. The SMILES string of the molecule is COc1ccc(S(=O)(=O)N(CC(=O)NCC2(c3ccccc3)CCOCC2)c2ccc(C)cc2)cc1OC. The zero-order valence-corrected chi connectivity index (χ0v) is 22.8. The number of hydrogen-bond donors (Lipinski definition) is 1. The van der Waals surface area contributed by atoms with Crippen LogP contribution in [-0.2, 0) is 25.0 Å². The van der Waals surface area contributed by atoms with Gasteiger partial charge in [0, 0.05) is 31.2 Å². The summed E-state index contributed by atoms with van der Waals surface area (Å²) >= 11 is 0. The Labute approximate surface area is 224 Å². The number of amides is 1. The fourth-order valence-electron chi connectivity index (χ4n) is 4.71. The third kappa shape index (κ3) is 5.95. The minimum Gasteiger partial charge on any atom is -0.493 e. The van der Waals surface area contributed by atoms with Gasteiger partial charge in [0.05, 0.1) is 24.8 Å². The first kappa shape index (κ1) is 27.5. The predicted octanol–water partition coefficient (Wildman–Crippen LogP) is 4.07. The van der Waals surface area contributed by atoms with Gasteiger partial charge in [-0.3, -0.25) is 9.10 Å². The Morgan fingerprint density at radius 3 is 2.24 bits per heavy atom. The van der Waals surface area contributed by atoms with Crippen molar-refractivity contribution in [3.8, 4) is 11.5 Å². The number of anilines is 1. The molecule has 4 rings (SSSR count). The van der Waals surface area contributed by atoms with Gasteiger partial charge in [-0.05, 0) is 49.6 Å². The summed E-state index contributed by atoms with van der Waals surface area (Å²) in [6.45, 7) is 3.14. The molecule has 0 atom stereocenters. The molecular weight excluding hydrogens is 504 g/mol. The molecule has 1 aliphatic heterocycles. The molecule has 0 aliphatic carbocycles. The number of methoxy groups -OCH3 is 2. The Bertz CT molecular complexity index is 1340. The van der Waals surface area contributed by atoms with Crippen LogP contribution in [0.2, 0.25) is 0 Å². The fourth-order valence-corrected chi connectivity index (χ4v) is 6.14. The lowest BCUT2D eigenvalue weighted by Crippen LogP contribution is -2.48. The number of carbonyl (C=O) groups is 1. The standard InChI is InChI=1S/C29H34N2O6S/c1-22-9-11-24(12-10-22)31(38(33,34)25-13-14-26(35-2)27(19-25)36-3)20-28(32)30-21-29(15-17-37-18-16-29)23-7-5-4-6-8-23/h4-14,19H,15-18,20-21H2,1-3H3,(H,30,32). The first-order valence-electron chi connectivity index (χ1n) is 12.5. The van der Waals surface area contributed by atoms with Gasteiger partial charge in [-0.15, -0.1) is 0 Å². The summed E-state index contributed by atoms with van der Waals surface area (Å²) in [6.07, 6.45) is 1.53. The maximum absolute atomic E-state index is 13.8. The zero-order chi connectivity index (χ0) is 27.2.